The van der Waals surface area contributed by atoms with Crippen molar-refractivity contribution in [3.8, 4) is 5.75 Å². The Hall–Kier alpha value is -4.20. The smallest absolute Gasteiger partial charge is 0.315 e. The molecule has 1 fully saturated rings. The molecule has 5 atom stereocenters. The summed E-state index contributed by atoms with van der Waals surface area (Å²) < 4.78 is 11.2. The summed E-state index contributed by atoms with van der Waals surface area (Å²) in [5.74, 6) is -0.224. The number of esters is 2. The third kappa shape index (κ3) is 6.43. The standard InChI is InChI=1S/C35H42N4O4/c1-9-29-31(35(29,7)24(5)34(6,22(2)3)33(41)42-8)32(40)43-30-20-19-28(21-23(30)4)39-38-27-17-15-26(16-18-27)37-36-25-13-11-10-12-14-25/h10-22,24,29,31H,9H2,1-8H3. The molecule has 1 aliphatic carbocycles. The quantitative estimate of drug-likeness (QED) is 0.127. The summed E-state index contributed by atoms with van der Waals surface area (Å²) in [5.41, 5.74) is 2.52. The van der Waals surface area contributed by atoms with Crippen molar-refractivity contribution in [2.75, 3.05) is 7.11 Å². The van der Waals surface area contributed by atoms with Crippen LogP contribution in [-0.2, 0) is 14.3 Å². The van der Waals surface area contributed by atoms with Crippen LogP contribution in [0.3, 0.4) is 0 Å². The molecule has 0 saturated heterocycles. The summed E-state index contributed by atoms with van der Waals surface area (Å²) in [6.07, 6.45) is 0.825. The van der Waals surface area contributed by atoms with E-state index < -0.39 is 5.41 Å². The summed E-state index contributed by atoms with van der Waals surface area (Å²) in [4.78, 5) is 26.4. The molecule has 0 amide bonds. The Balaban J connectivity index is 1.42. The molecule has 0 N–H and O–H groups in total. The number of ether oxygens (including phenoxy) is 2. The van der Waals surface area contributed by atoms with Crippen LogP contribution in [0.1, 0.15) is 53.5 Å². The topological polar surface area (TPSA) is 102 Å². The van der Waals surface area contributed by atoms with E-state index in [4.69, 9.17) is 9.47 Å². The molecule has 0 radical (unpaired) electrons. The maximum Gasteiger partial charge on any atom is 0.315 e. The molecule has 0 aromatic heterocycles. The zero-order chi connectivity index (χ0) is 31.4. The molecule has 0 aliphatic heterocycles. The Morgan fingerprint density at radius 2 is 1.37 bits per heavy atom. The largest absolute Gasteiger partial charge is 0.469 e. The molecule has 8 heteroatoms. The number of nitrogens with zero attached hydrogens (tertiary/aromatic N) is 4. The molecule has 3 aromatic carbocycles. The molecule has 43 heavy (non-hydrogen) atoms. The average molecular weight is 583 g/mol. The van der Waals surface area contributed by atoms with E-state index in [0.29, 0.717) is 17.1 Å². The second kappa shape index (κ2) is 13.0. The van der Waals surface area contributed by atoms with Gasteiger partial charge in [-0.15, -0.1) is 0 Å². The van der Waals surface area contributed by atoms with Gasteiger partial charge >= 0.3 is 11.9 Å². The van der Waals surface area contributed by atoms with Crippen molar-refractivity contribution in [2.24, 2.45) is 55.0 Å². The number of hydrogen-bond donors (Lipinski definition) is 0. The first-order valence-electron chi connectivity index (χ1n) is 14.9. The van der Waals surface area contributed by atoms with Crippen molar-refractivity contribution >= 4 is 34.7 Å². The SMILES string of the molecule is CCC1C(C(=O)Oc2ccc(N=Nc3ccc(N=Nc4ccccc4)cc3)cc2C)C1(C)C(C)C(C)(C(=O)OC)C(C)C. The van der Waals surface area contributed by atoms with E-state index in [1.165, 1.54) is 7.11 Å². The Bertz CT molecular complexity index is 1500. The number of carbonyl (C=O) groups excluding carboxylic acids is 2. The highest BCUT2D eigenvalue weighted by molar-refractivity contribution is 5.82. The van der Waals surface area contributed by atoms with E-state index in [1.807, 2.05) is 88.4 Å². The van der Waals surface area contributed by atoms with Gasteiger partial charge < -0.3 is 9.47 Å². The fourth-order valence-corrected chi connectivity index (χ4v) is 6.38. The summed E-state index contributed by atoms with van der Waals surface area (Å²) in [6, 6.07) is 22.2. The Kier molecular flexibility index (Phi) is 9.58. The molecule has 1 aliphatic rings. The van der Waals surface area contributed by atoms with E-state index in [9.17, 15) is 9.59 Å². The zero-order valence-corrected chi connectivity index (χ0v) is 26.4. The van der Waals surface area contributed by atoms with Crippen LogP contribution in [0.25, 0.3) is 0 Å². The highest BCUT2D eigenvalue weighted by Crippen LogP contribution is 2.69. The van der Waals surface area contributed by atoms with Gasteiger partial charge in [-0.3, -0.25) is 9.59 Å². The van der Waals surface area contributed by atoms with Crippen molar-refractivity contribution in [3.05, 3.63) is 78.4 Å². The first-order chi connectivity index (χ1) is 20.5. The van der Waals surface area contributed by atoms with Gasteiger partial charge in [0.25, 0.3) is 0 Å². The highest BCUT2D eigenvalue weighted by Gasteiger charge is 2.70. The maximum atomic E-state index is 13.5. The predicted octanol–water partition coefficient (Wildman–Crippen LogP) is 9.86. The molecular formula is C35H42N4O4. The molecular weight excluding hydrogens is 540 g/mol. The van der Waals surface area contributed by atoms with E-state index >= 15 is 0 Å². The minimum atomic E-state index is -0.721. The van der Waals surface area contributed by atoms with E-state index in [1.54, 1.807) is 12.1 Å². The van der Waals surface area contributed by atoms with Gasteiger partial charge in [0.05, 0.1) is 41.2 Å². The van der Waals surface area contributed by atoms with Gasteiger partial charge in [0.15, 0.2) is 0 Å². The van der Waals surface area contributed by atoms with Crippen LogP contribution in [0.5, 0.6) is 5.75 Å². The van der Waals surface area contributed by atoms with Crippen LogP contribution in [0.4, 0.5) is 22.7 Å². The molecule has 1 saturated carbocycles. The fourth-order valence-electron chi connectivity index (χ4n) is 6.38. The van der Waals surface area contributed by atoms with Gasteiger partial charge in [-0.25, -0.2) is 0 Å². The molecule has 0 spiro atoms. The van der Waals surface area contributed by atoms with Gasteiger partial charge in [0, 0.05) is 0 Å². The lowest BCUT2D eigenvalue weighted by molar-refractivity contribution is -0.161. The van der Waals surface area contributed by atoms with Crippen molar-refractivity contribution < 1.29 is 19.1 Å². The molecule has 5 unspecified atom stereocenters. The summed E-state index contributed by atoms with van der Waals surface area (Å²) in [5, 5.41) is 17.2. The van der Waals surface area contributed by atoms with Crippen LogP contribution in [-0.4, -0.2) is 19.0 Å². The highest BCUT2D eigenvalue weighted by atomic mass is 16.5. The molecule has 226 valence electrons. The second-order valence-electron chi connectivity index (χ2n) is 12.1. The number of benzene rings is 3. The number of hydrogen-bond acceptors (Lipinski definition) is 8. The van der Waals surface area contributed by atoms with E-state index in [-0.39, 0.29) is 41.0 Å². The molecule has 0 heterocycles. The number of rotatable bonds is 11. The van der Waals surface area contributed by atoms with E-state index in [2.05, 4.69) is 41.2 Å². The summed E-state index contributed by atoms with van der Waals surface area (Å²) >= 11 is 0. The minimum Gasteiger partial charge on any atom is -0.469 e. The number of azo groups is 2. The average Bonchev–Trinajstić information content (AvgIpc) is 3.65. The fraction of sp³-hybridized carbons (Fsp3) is 0.429. The number of methoxy groups -OCH3 is 1. The van der Waals surface area contributed by atoms with Gasteiger partial charge in [-0.1, -0.05) is 59.2 Å². The Morgan fingerprint density at radius 1 is 0.860 bits per heavy atom. The number of aryl methyl sites for hydroxylation is 1. The maximum absolute atomic E-state index is 13.5. The van der Waals surface area contributed by atoms with Crippen LogP contribution in [0.15, 0.2) is 93.3 Å². The minimum absolute atomic E-state index is 0.0496. The second-order valence-corrected chi connectivity index (χ2v) is 12.1. The first-order valence-corrected chi connectivity index (χ1v) is 14.9. The van der Waals surface area contributed by atoms with Crippen molar-refractivity contribution in [1.82, 2.24) is 0 Å². The van der Waals surface area contributed by atoms with Crippen LogP contribution < -0.4 is 4.74 Å². The third-order valence-corrected chi connectivity index (χ3v) is 9.65. The van der Waals surface area contributed by atoms with E-state index in [0.717, 1.165) is 23.4 Å². The normalized spacial score (nSPS) is 22.0. The first kappa shape index (κ1) is 31.7. The summed E-state index contributed by atoms with van der Waals surface area (Å²) in [6.45, 7) is 14.2. The zero-order valence-electron chi connectivity index (χ0n) is 26.4. The lowest BCUT2D eigenvalue weighted by Crippen LogP contribution is -2.44. The Morgan fingerprint density at radius 3 is 1.86 bits per heavy atom. The molecule has 0 bridgehead atoms. The Labute approximate surface area is 254 Å². The number of carbonyl (C=O) groups is 2. The third-order valence-electron chi connectivity index (χ3n) is 9.65. The molecule has 3 aromatic rings. The predicted molar refractivity (Wildman–Crippen MR) is 168 cm³/mol. The van der Waals surface area contributed by atoms with Crippen LogP contribution in [0, 0.1) is 41.4 Å². The van der Waals surface area contributed by atoms with Gasteiger partial charge in [0.1, 0.15) is 5.75 Å². The van der Waals surface area contributed by atoms with Crippen molar-refractivity contribution in [3.63, 3.8) is 0 Å². The van der Waals surface area contributed by atoms with Crippen LogP contribution in [0.2, 0.25) is 0 Å². The summed E-state index contributed by atoms with van der Waals surface area (Å²) in [7, 11) is 1.43. The lowest BCUT2D eigenvalue weighted by atomic mass is 9.63. The van der Waals surface area contributed by atoms with Crippen LogP contribution >= 0.6 is 0 Å². The molecule has 8 nitrogen and oxygen atoms in total. The van der Waals surface area contributed by atoms with Gasteiger partial charge in [0.2, 0.25) is 0 Å². The lowest BCUT2D eigenvalue weighted by Gasteiger charge is -2.40. The van der Waals surface area contributed by atoms with Crippen molar-refractivity contribution in [1.29, 1.82) is 0 Å². The van der Waals surface area contributed by atoms with Crippen molar-refractivity contribution in [2.45, 2.75) is 54.9 Å². The van der Waals surface area contributed by atoms with Gasteiger partial charge in [-0.05, 0) is 97.2 Å². The molecule has 4 rings (SSSR count). The monoisotopic (exact) mass is 582 g/mol. The van der Waals surface area contributed by atoms with Gasteiger partial charge in [-0.2, -0.15) is 20.5 Å².